The van der Waals surface area contributed by atoms with Crippen LogP contribution >= 0.6 is 0 Å². The first-order valence-electron chi connectivity index (χ1n) is 30.0. The molecule has 14 rings (SSSR count). The molecule has 0 saturated heterocycles. The van der Waals surface area contributed by atoms with Crippen LogP contribution in [0.1, 0.15) is 102 Å². The standard InChI is InChI=1S/C76H70BN3O/c1-7-10-23-50-42-55(24-11-8-2)75(56(43-50)25-12-9-3)80-70-48-58(78-66-32-21-19-30-60(66)62-44-53(34-40-68(62)78)51-26-15-13-16-27-51)36-38-64(70)77-65-39-37-59(49-72(65)81-73-47-57(76(4,5)6)46-71(80)74(73)77)79-67-33-22-20-31-61(67)63-45-54(35-41-69(63)79)52-28-17-14-18-29-52/h13-22,26-49H,7-12,23-25H2,1-6H3. The van der Waals surface area contributed by atoms with Crippen LogP contribution in [0.3, 0.4) is 0 Å². The van der Waals surface area contributed by atoms with Gasteiger partial charge in [0.1, 0.15) is 11.5 Å². The summed E-state index contributed by atoms with van der Waals surface area (Å²) in [4.78, 5) is 2.73. The predicted octanol–water partition coefficient (Wildman–Crippen LogP) is 18.9. The zero-order valence-electron chi connectivity index (χ0n) is 47.8. The Labute approximate surface area is 478 Å². The van der Waals surface area contributed by atoms with Crippen molar-refractivity contribution in [1.29, 1.82) is 0 Å². The van der Waals surface area contributed by atoms with Crippen LogP contribution in [0.5, 0.6) is 11.5 Å². The minimum Gasteiger partial charge on any atom is -0.458 e. The molecule has 4 nitrogen and oxygen atoms in total. The van der Waals surface area contributed by atoms with Gasteiger partial charge in [-0.15, -0.1) is 0 Å². The molecule has 0 aliphatic carbocycles. The molecule has 10 aromatic carbocycles. The lowest BCUT2D eigenvalue weighted by Crippen LogP contribution is -2.59. The third kappa shape index (κ3) is 8.67. The first kappa shape index (κ1) is 50.7. The Bertz CT molecular complexity index is 4360. The number of rotatable bonds is 14. The van der Waals surface area contributed by atoms with Crippen molar-refractivity contribution >= 4 is 83.8 Å². The third-order valence-corrected chi connectivity index (χ3v) is 17.7. The van der Waals surface area contributed by atoms with Crippen molar-refractivity contribution in [3.8, 4) is 45.1 Å². The zero-order valence-corrected chi connectivity index (χ0v) is 47.8. The highest BCUT2D eigenvalue weighted by Crippen LogP contribution is 2.48. The van der Waals surface area contributed by atoms with Crippen LogP contribution in [0.2, 0.25) is 0 Å². The van der Waals surface area contributed by atoms with E-state index in [1.807, 2.05) is 0 Å². The largest absolute Gasteiger partial charge is 0.458 e. The Kier molecular flexibility index (Phi) is 12.8. The van der Waals surface area contributed by atoms with Crippen LogP contribution in [-0.4, -0.2) is 15.8 Å². The fourth-order valence-electron chi connectivity index (χ4n) is 13.6. The second-order valence-electron chi connectivity index (χ2n) is 24.0. The van der Waals surface area contributed by atoms with Gasteiger partial charge in [0.2, 0.25) is 0 Å². The van der Waals surface area contributed by atoms with Gasteiger partial charge in [-0.1, -0.05) is 194 Å². The summed E-state index contributed by atoms with van der Waals surface area (Å²) in [5.74, 6) is 1.85. The van der Waals surface area contributed by atoms with E-state index in [2.05, 4.69) is 262 Å². The van der Waals surface area contributed by atoms with Gasteiger partial charge in [0, 0.05) is 50.4 Å². The molecule has 12 aromatic rings. The molecule has 5 heteroatoms. The summed E-state index contributed by atoms with van der Waals surface area (Å²) in [5.41, 5.74) is 24.9. The number of nitrogens with zero attached hydrogens (tertiary/aromatic N) is 3. The van der Waals surface area contributed by atoms with Crippen molar-refractivity contribution in [2.24, 2.45) is 0 Å². The van der Waals surface area contributed by atoms with Crippen molar-refractivity contribution in [2.45, 2.75) is 105 Å². The van der Waals surface area contributed by atoms with Crippen molar-refractivity contribution in [3.63, 3.8) is 0 Å². The molecule has 4 heterocycles. The molecule has 0 amide bonds. The predicted molar refractivity (Wildman–Crippen MR) is 346 cm³/mol. The average molecular weight is 1050 g/mol. The first-order chi connectivity index (χ1) is 39.7. The third-order valence-electron chi connectivity index (χ3n) is 17.7. The van der Waals surface area contributed by atoms with Gasteiger partial charge in [-0.25, -0.2) is 0 Å². The minimum absolute atomic E-state index is 0.0812. The maximum absolute atomic E-state index is 7.53. The summed E-state index contributed by atoms with van der Waals surface area (Å²) in [6.45, 7) is 14.0. The van der Waals surface area contributed by atoms with E-state index >= 15 is 0 Å². The summed E-state index contributed by atoms with van der Waals surface area (Å²) in [7, 11) is 0. The molecule has 0 spiro atoms. The van der Waals surface area contributed by atoms with Gasteiger partial charge < -0.3 is 18.8 Å². The van der Waals surface area contributed by atoms with Crippen LogP contribution in [0.4, 0.5) is 17.1 Å². The molecule has 0 fully saturated rings. The molecular weight excluding hydrogens is 982 g/mol. The van der Waals surface area contributed by atoms with E-state index in [-0.39, 0.29) is 12.1 Å². The Morgan fingerprint density at radius 1 is 0.407 bits per heavy atom. The summed E-state index contributed by atoms with van der Waals surface area (Å²) in [5, 5.41) is 4.99. The highest BCUT2D eigenvalue weighted by atomic mass is 16.5. The molecule has 398 valence electrons. The van der Waals surface area contributed by atoms with Crippen molar-refractivity contribution in [3.05, 3.63) is 229 Å². The van der Waals surface area contributed by atoms with Gasteiger partial charge in [0.25, 0.3) is 6.71 Å². The Hall–Kier alpha value is -8.54. The van der Waals surface area contributed by atoms with Gasteiger partial charge in [-0.05, 0) is 172 Å². The van der Waals surface area contributed by atoms with Crippen molar-refractivity contribution in [2.75, 3.05) is 4.90 Å². The number of unbranched alkanes of at least 4 members (excludes halogenated alkanes) is 3. The second-order valence-corrected chi connectivity index (χ2v) is 24.0. The fraction of sp³-hybridized carbons (Fsp3) is 0.211. The molecule has 0 saturated carbocycles. The minimum atomic E-state index is -0.163. The average Bonchev–Trinajstić information content (AvgIpc) is 3.82. The molecule has 0 radical (unpaired) electrons. The normalized spacial score (nSPS) is 12.8. The van der Waals surface area contributed by atoms with Crippen molar-refractivity contribution < 1.29 is 4.74 Å². The number of hydrogen-bond acceptors (Lipinski definition) is 2. The topological polar surface area (TPSA) is 22.3 Å². The van der Waals surface area contributed by atoms with Gasteiger partial charge in [0.15, 0.2) is 0 Å². The summed E-state index contributed by atoms with van der Waals surface area (Å²) in [6, 6.07) is 77.9. The van der Waals surface area contributed by atoms with E-state index in [4.69, 9.17) is 4.74 Å². The van der Waals surface area contributed by atoms with E-state index in [0.717, 1.165) is 67.8 Å². The molecule has 2 aliphatic heterocycles. The van der Waals surface area contributed by atoms with Crippen LogP contribution in [0, 0.1) is 0 Å². The van der Waals surface area contributed by atoms with E-state index < -0.39 is 0 Å². The van der Waals surface area contributed by atoms with Gasteiger partial charge in [-0.3, -0.25) is 0 Å². The second kappa shape index (κ2) is 20.5. The molecular formula is C76H70BN3O. The number of anilines is 3. The summed E-state index contributed by atoms with van der Waals surface area (Å²) < 4.78 is 12.5. The SMILES string of the molecule is CCCCc1cc(CCCC)c(N2c3cc(-n4c5ccccc5c5cc(-c6ccccc6)ccc54)ccc3B3c4ccc(-n5c6ccccc6c6cc(-c7ccccc7)ccc65)cc4Oc4cc(C(C)(C)C)cc2c43)c(CCCC)c1. The number of hydrogen-bond donors (Lipinski definition) is 0. The lowest BCUT2D eigenvalue weighted by Gasteiger charge is -2.42. The van der Waals surface area contributed by atoms with Crippen LogP contribution in [0.15, 0.2) is 206 Å². The first-order valence-corrected chi connectivity index (χ1v) is 30.0. The number of aryl methyl sites for hydroxylation is 3. The fourth-order valence-corrected chi connectivity index (χ4v) is 13.6. The smallest absolute Gasteiger partial charge is 0.256 e. The molecule has 0 bridgehead atoms. The Balaban J connectivity index is 1.02. The number of para-hydroxylation sites is 2. The molecule has 0 N–H and O–H groups in total. The maximum atomic E-state index is 7.53. The summed E-state index contributed by atoms with van der Waals surface area (Å²) in [6.07, 6.45) is 10.0. The van der Waals surface area contributed by atoms with Crippen LogP contribution in [-0.2, 0) is 24.7 Å². The van der Waals surface area contributed by atoms with E-state index in [1.165, 1.54) is 134 Å². The number of benzene rings is 10. The quantitative estimate of drug-likeness (QED) is 0.101. The van der Waals surface area contributed by atoms with Gasteiger partial charge >= 0.3 is 0 Å². The highest BCUT2D eigenvalue weighted by molar-refractivity contribution is 6.99. The van der Waals surface area contributed by atoms with E-state index in [9.17, 15) is 0 Å². The zero-order chi connectivity index (χ0) is 54.9. The lowest BCUT2D eigenvalue weighted by atomic mass is 9.34. The molecule has 2 aliphatic rings. The molecule has 2 aromatic heterocycles. The Morgan fingerprint density at radius 3 is 1.47 bits per heavy atom. The van der Waals surface area contributed by atoms with Crippen LogP contribution < -0.4 is 26.0 Å². The Morgan fingerprint density at radius 2 is 0.914 bits per heavy atom. The number of ether oxygens (including phenoxy) is 1. The highest BCUT2D eigenvalue weighted by Gasteiger charge is 2.44. The lowest BCUT2D eigenvalue weighted by molar-refractivity contribution is 0.483. The number of fused-ring (bicyclic) bond motifs is 10. The van der Waals surface area contributed by atoms with Gasteiger partial charge in [0.05, 0.1) is 27.8 Å². The van der Waals surface area contributed by atoms with Crippen molar-refractivity contribution in [1.82, 2.24) is 9.13 Å². The van der Waals surface area contributed by atoms with E-state index in [0.29, 0.717) is 0 Å². The van der Waals surface area contributed by atoms with E-state index in [1.54, 1.807) is 0 Å². The maximum Gasteiger partial charge on any atom is 0.256 e. The number of aromatic nitrogens is 2. The molecule has 81 heavy (non-hydrogen) atoms. The molecule has 0 atom stereocenters. The monoisotopic (exact) mass is 1050 g/mol. The van der Waals surface area contributed by atoms with Crippen LogP contribution in [0.25, 0.3) is 77.2 Å². The molecule has 0 unspecified atom stereocenters. The van der Waals surface area contributed by atoms with Gasteiger partial charge in [-0.2, -0.15) is 0 Å². The summed E-state index contributed by atoms with van der Waals surface area (Å²) >= 11 is 0.